The molecule has 5 rings (SSSR count). The van der Waals surface area contributed by atoms with Crippen molar-refractivity contribution in [2.24, 2.45) is 11.1 Å². The van der Waals surface area contributed by atoms with Crippen molar-refractivity contribution in [1.29, 1.82) is 0 Å². The first-order valence-electron chi connectivity index (χ1n) is 11.3. The third-order valence-corrected chi connectivity index (χ3v) is 6.35. The highest BCUT2D eigenvalue weighted by molar-refractivity contribution is 5.87. The number of benzene rings is 3. The Hall–Kier alpha value is -2.50. The van der Waals surface area contributed by atoms with E-state index in [1.54, 1.807) is 0 Å². The summed E-state index contributed by atoms with van der Waals surface area (Å²) in [5.41, 5.74) is 13.3. The van der Waals surface area contributed by atoms with Crippen LogP contribution in [-0.2, 0) is 26.4 Å². The van der Waals surface area contributed by atoms with Gasteiger partial charge in [-0.1, -0.05) is 93.6 Å². The van der Waals surface area contributed by atoms with Crippen LogP contribution in [0.5, 0.6) is 0 Å². The van der Waals surface area contributed by atoms with Gasteiger partial charge in [0.2, 0.25) is 5.79 Å². The fraction of sp³-hybridized carbons (Fsp3) is 0.357. The Morgan fingerprint density at radius 2 is 1.50 bits per heavy atom. The first kappa shape index (κ1) is 21.4. The molecule has 2 bridgehead atoms. The molecule has 1 fully saturated rings. The van der Waals surface area contributed by atoms with E-state index < -0.39 is 11.6 Å². The third-order valence-electron chi connectivity index (χ3n) is 6.35. The lowest BCUT2D eigenvalue weighted by molar-refractivity contribution is -0.457. The van der Waals surface area contributed by atoms with Crippen molar-refractivity contribution in [1.82, 2.24) is 0 Å². The number of fused-ring (bicyclic) bond motifs is 4. The Kier molecular flexibility index (Phi) is 5.22. The summed E-state index contributed by atoms with van der Waals surface area (Å²) in [6.07, 6.45) is 1.39. The molecule has 0 radical (unpaired) electrons. The highest BCUT2D eigenvalue weighted by Crippen LogP contribution is 2.52. The summed E-state index contributed by atoms with van der Waals surface area (Å²) in [4.78, 5) is 0. The molecule has 3 aromatic rings. The van der Waals surface area contributed by atoms with Gasteiger partial charge >= 0.3 is 0 Å². The third kappa shape index (κ3) is 3.67. The second-order valence-electron chi connectivity index (χ2n) is 10.0. The first-order valence-corrected chi connectivity index (χ1v) is 11.3. The zero-order chi connectivity index (χ0) is 22.4. The first-order chi connectivity index (χ1) is 15.3. The fourth-order valence-electron chi connectivity index (χ4n) is 5.23. The van der Waals surface area contributed by atoms with Gasteiger partial charge in [0.25, 0.3) is 0 Å². The van der Waals surface area contributed by atoms with Gasteiger partial charge in [0.05, 0.1) is 6.54 Å². The van der Waals surface area contributed by atoms with Crippen LogP contribution in [0.15, 0.2) is 72.8 Å². The van der Waals surface area contributed by atoms with Crippen LogP contribution >= 0.6 is 0 Å². The normalized spacial score (nSPS) is 24.8. The lowest BCUT2D eigenvalue weighted by atomic mass is 9.77. The zero-order valence-electron chi connectivity index (χ0n) is 19.1. The van der Waals surface area contributed by atoms with Crippen molar-refractivity contribution >= 4 is 0 Å². The molecule has 2 aliphatic heterocycles. The molecule has 4 heteroatoms. The molecule has 0 saturated carbocycles. The second-order valence-corrected chi connectivity index (χ2v) is 10.0. The van der Waals surface area contributed by atoms with Gasteiger partial charge in [0, 0.05) is 18.4 Å². The van der Waals surface area contributed by atoms with Crippen LogP contribution in [0.25, 0.3) is 22.3 Å². The highest BCUT2D eigenvalue weighted by Gasteiger charge is 2.55. The Labute approximate surface area is 190 Å². The molecular weight excluding hydrogens is 398 g/mol. The maximum atomic E-state index is 6.62. The Balaban J connectivity index is 1.79. The van der Waals surface area contributed by atoms with E-state index in [2.05, 4.69) is 81.4 Å². The van der Waals surface area contributed by atoms with Crippen LogP contribution in [0.4, 0.5) is 0 Å². The minimum Gasteiger partial charge on any atom is -0.325 e. The maximum absolute atomic E-state index is 6.62. The van der Waals surface area contributed by atoms with E-state index in [0.29, 0.717) is 6.42 Å². The lowest BCUT2D eigenvalue weighted by Gasteiger charge is -2.53. The van der Waals surface area contributed by atoms with E-state index in [9.17, 15) is 0 Å². The summed E-state index contributed by atoms with van der Waals surface area (Å²) in [7, 11) is 0. The molecule has 2 aliphatic rings. The average molecular weight is 430 g/mol. The number of nitrogens with two attached hydrogens (primary N) is 1. The van der Waals surface area contributed by atoms with E-state index in [4.69, 9.17) is 19.9 Å². The van der Waals surface area contributed by atoms with Crippen molar-refractivity contribution in [2.75, 3.05) is 13.3 Å². The Morgan fingerprint density at radius 1 is 0.844 bits per heavy atom. The highest BCUT2D eigenvalue weighted by atomic mass is 16.9. The van der Waals surface area contributed by atoms with Gasteiger partial charge in [-0.15, -0.1) is 0 Å². The fourth-order valence-corrected chi connectivity index (χ4v) is 5.23. The van der Waals surface area contributed by atoms with Crippen LogP contribution in [0.2, 0.25) is 0 Å². The Morgan fingerprint density at radius 3 is 2.12 bits per heavy atom. The molecule has 2 N–H and O–H groups in total. The minimum absolute atomic E-state index is 0.0130. The summed E-state index contributed by atoms with van der Waals surface area (Å²) >= 11 is 0. The van der Waals surface area contributed by atoms with Gasteiger partial charge in [-0.05, 0) is 33.2 Å². The van der Waals surface area contributed by atoms with Gasteiger partial charge in [-0.3, -0.25) is 0 Å². The SMILES string of the molecule is CC(C)(C)CC12Cc3c(ccc(-c4ccccc4)c3-c3ccccc3)C(CN)(OCO1)O2. The van der Waals surface area contributed by atoms with Crippen molar-refractivity contribution in [3.05, 3.63) is 83.9 Å². The van der Waals surface area contributed by atoms with Gasteiger partial charge < -0.3 is 19.9 Å². The molecule has 0 amide bonds. The Bertz CT molecular complexity index is 1110. The maximum Gasteiger partial charge on any atom is 0.212 e. The molecule has 0 aromatic heterocycles. The lowest BCUT2D eigenvalue weighted by Crippen LogP contribution is -2.60. The molecular formula is C28H31NO3. The molecule has 3 aromatic carbocycles. The summed E-state index contributed by atoms with van der Waals surface area (Å²) in [6, 6.07) is 25.4. The van der Waals surface area contributed by atoms with E-state index in [1.807, 2.05) is 12.1 Å². The molecule has 2 atom stereocenters. The van der Waals surface area contributed by atoms with Crippen molar-refractivity contribution in [3.63, 3.8) is 0 Å². The minimum atomic E-state index is -1.00. The molecule has 2 heterocycles. The topological polar surface area (TPSA) is 53.7 Å². The summed E-state index contributed by atoms with van der Waals surface area (Å²) in [6.45, 7) is 7.04. The van der Waals surface area contributed by atoms with Crippen LogP contribution in [0.3, 0.4) is 0 Å². The van der Waals surface area contributed by atoms with Gasteiger partial charge in [-0.25, -0.2) is 0 Å². The van der Waals surface area contributed by atoms with E-state index in [-0.39, 0.29) is 18.8 Å². The van der Waals surface area contributed by atoms with Crippen molar-refractivity contribution < 1.29 is 14.2 Å². The number of hydrogen-bond donors (Lipinski definition) is 1. The average Bonchev–Trinajstić information content (AvgIpc) is 2.78. The van der Waals surface area contributed by atoms with Gasteiger partial charge in [0.15, 0.2) is 12.6 Å². The van der Waals surface area contributed by atoms with Crippen LogP contribution in [0.1, 0.15) is 38.3 Å². The van der Waals surface area contributed by atoms with Gasteiger partial charge in [0.1, 0.15) is 0 Å². The molecule has 2 unspecified atom stereocenters. The van der Waals surface area contributed by atoms with E-state index in [1.165, 1.54) is 27.8 Å². The monoisotopic (exact) mass is 429 g/mol. The van der Waals surface area contributed by atoms with Crippen molar-refractivity contribution in [2.45, 2.75) is 45.2 Å². The van der Waals surface area contributed by atoms with E-state index >= 15 is 0 Å². The quantitative estimate of drug-likeness (QED) is 0.566. The standard InChI is InChI=1S/C28H31NO3/c1-26(2,3)17-27-16-23-24(28(18-29,32-27)31-19-30-27)15-14-22(20-10-6-4-7-11-20)25(23)21-12-8-5-9-13-21/h4-15H,16-19,29H2,1-3H3. The molecule has 32 heavy (non-hydrogen) atoms. The van der Waals surface area contributed by atoms with Crippen LogP contribution in [-0.4, -0.2) is 19.1 Å². The number of hydrogen-bond acceptors (Lipinski definition) is 4. The second kappa shape index (κ2) is 7.82. The van der Waals surface area contributed by atoms with E-state index in [0.717, 1.165) is 12.0 Å². The molecule has 0 spiro atoms. The summed E-state index contributed by atoms with van der Waals surface area (Å²) < 4.78 is 19.0. The molecule has 0 aliphatic carbocycles. The molecule has 1 saturated heterocycles. The summed E-state index contributed by atoms with van der Waals surface area (Å²) in [5.74, 6) is -1.78. The molecule has 4 nitrogen and oxygen atoms in total. The number of rotatable bonds is 4. The largest absolute Gasteiger partial charge is 0.325 e. The smallest absolute Gasteiger partial charge is 0.212 e. The van der Waals surface area contributed by atoms with Crippen molar-refractivity contribution in [3.8, 4) is 22.3 Å². The summed E-state index contributed by atoms with van der Waals surface area (Å²) in [5, 5.41) is 0. The van der Waals surface area contributed by atoms with Crippen LogP contribution in [0, 0.1) is 5.41 Å². The predicted octanol–water partition coefficient (Wildman–Crippen LogP) is 5.84. The zero-order valence-corrected chi connectivity index (χ0v) is 19.1. The molecule has 166 valence electrons. The van der Waals surface area contributed by atoms with Crippen LogP contribution < -0.4 is 5.73 Å². The number of ether oxygens (including phenoxy) is 3. The predicted molar refractivity (Wildman–Crippen MR) is 127 cm³/mol. The van der Waals surface area contributed by atoms with Gasteiger partial charge in [-0.2, -0.15) is 0 Å².